The molecule has 0 radical (unpaired) electrons. The topological polar surface area (TPSA) is 30.3 Å². The van der Waals surface area contributed by atoms with Crippen LogP contribution >= 0.6 is 0 Å². The minimum absolute atomic E-state index is 0.0343. The predicted molar refractivity (Wildman–Crippen MR) is 159 cm³/mol. The average molecular weight is 489 g/mol. The zero-order valence-corrected chi connectivity index (χ0v) is 21.8. The van der Waals surface area contributed by atoms with Crippen molar-refractivity contribution in [3.05, 3.63) is 144 Å². The SMILES string of the molecule is CC1=C2C(=C(C)N(B(c3ccccc3)c3ccccc3)C2C#N)CN1B(c1ccccc1)c1ccccc1. The molecule has 0 amide bonds. The highest BCUT2D eigenvalue weighted by Crippen LogP contribution is 2.42. The van der Waals surface area contributed by atoms with Crippen LogP contribution in [0.1, 0.15) is 13.8 Å². The molecular weight excluding hydrogens is 460 g/mol. The highest BCUT2D eigenvalue weighted by atomic mass is 15.2. The monoisotopic (exact) mass is 489 g/mol. The molecule has 0 saturated heterocycles. The molecule has 1 atom stereocenters. The summed E-state index contributed by atoms with van der Waals surface area (Å²) in [5, 5.41) is 10.6. The van der Waals surface area contributed by atoms with Crippen molar-refractivity contribution in [1.82, 2.24) is 9.62 Å². The van der Waals surface area contributed by atoms with Crippen LogP contribution in [0.25, 0.3) is 0 Å². The Morgan fingerprint density at radius 1 is 0.605 bits per heavy atom. The molecule has 4 aromatic rings. The van der Waals surface area contributed by atoms with Gasteiger partial charge in [-0.3, -0.25) is 0 Å². The lowest BCUT2D eigenvalue weighted by atomic mass is 9.48. The van der Waals surface area contributed by atoms with Gasteiger partial charge in [0.1, 0.15) is 6.04 Å². The number of hydrogen-bond donors (Lipinski definition) is 0. The summed E-state index contributed by atoms with van der Waals surface area (Å²) in [5.74, 6) is 0. The maximum absolute atomic E-state index is 10.6. The number of allylic oxidation sites excluding steroid dienone is 2. The largest absolute Gasteiger partial charge is 0.406 e. The number of benzene rings is 4. The molecule has 5 heteroatoms. The number of nitrogens with zero attached hydrogens (tertiary/aromatic N) is 3. The van der Waals surface area contributed by atoms with E-state index in [2.05, 4.69) is 151 Å². The van der Waals surface area contributed by atoms with E-state index in [0.717, 1.165) is 6.54 Å². The molecule has 3 nitrogen and oxygen atoms in total. The fourth-order valence-corrected chi connectivity index (χ4v) is 6.27. The van der Waals surface area contributed by atoms with E-state index in [0.29, 0.717) is 0 Å². The summed E-state index contributed by atoms with van der Waals surface area (Å²) < 4.78 is 0. The van der Waals surface area contributed by atoms with Gasteiger partial charge in [0.05, 0.1) is 6.07 Å². The second-order valence-electron chi connectivity index (χ2n) is 10.1. The zero-order valence-electron chi connectivity index (χ0n) is 21.8. The van der Waals surface area contributed by atoms with Crippen molar-refractivity contribution in [1.29, 1.82) is 5.26 Å². The third-order valence-electron chi connectivity index (χ3n) is 8.02. The Balaban J connectivity index is 1.46. The Hall–Kier alpha value is -4.42. The Labute approximate surface area is 226 Å². The number of hydrogen-bond acceptors (Lipinski definition) is 3. The van der Waals surface area contributed by atoms with E-state index in [1.165, 1.54) is 44.4 Å². The molecule has 4 aromatic carbocycles. The minimum atomic E-state index is -0.354. The maximum Gasteiger partial charge on any atom is 0.324 e. The molecule has 0 fully saturated rings. The van der Waals surface area contributed by atoms with E-state index in [9.17, 15) is 5.26 Å². The van der Waals surface area contributed by atoms with Crippen LogP contribution in [-0.2, 0) is 0 Å². The van der Waals surface area contributed by atoms with Crippen LogP contribution in [-0.4, -0.2) is 35.9 Å². The molecule has 2 aliphatic heterocycles. The number of rotatable bonds is 6. The van der Waals surface area contributed by atoms with E-state index in [1.807, 2.05) is 0 Å². The zero-order chi connectivity index (χ0) is 26.1. The molecule has 0 saturated carbocycles. The maximum atomic E-state index is 10.6. The van der Waals surface area contributed by atoms with Crippen molar-refractivity contribution in [2.45, 2.75) is 19.9 Å². The van der Waals surface area contributed by atoms with Crippen molar-refractivity contribution in [3.8, 4) is 6.07 Å². The Kier molecular flexibility index (Phi) is 6.40. The standard InChI is InChI=1S/C33H29B2N3/c1-25-31-24-37(34(27-15-7-3-8-16-27)28-17-9-4-10-18-28)26(2)33(31)32(23-36)38(25)35(29-19-11-5-12-20-29)30-21-13-6-14-22-30/h3-22,32H,24H2,1-2H3. The minimum Gasteiger partial charge on any atom is -0.406 e. The average Bonchev–Trinajstić information content (AvgIpc) is 3.45. The second-order valence-corrected chi connectivity index (χ2v) is 10.1. The van der Waals surface area contributed by atoms with Gasteiger partial charge >= 0.3 is 13.7 Å². The lowest BCUT2D eigenvalue weighted by Crippen LogP contribution is -2.58. The molecule has 0 bridgehead atoms. The first-order chi connectivity index (χ1) is 18.7. The van der Waals surface area contributed by atoms with Gasteiger partial charge in [-0.15, -0.1) is 0 Å². The fraction of sp³-hybridized carbons (Fsp3) is 0.121. The van der Waals surface area contributed by atoms with Gasteiger partial charge in [-0.1, -0.05) is 143 Å². The summed E-state index contributed by atoms with van der Waals surface area (Å²) in [6.45, 7) is 5.23. The van der Waals surface area contributed by atoms with Crippen LogP contribution in [0.15, 0.2) is 144 Å². The van der Waals surface area contributed by atoms with Crippen LogP contribution < -0.4 is 21.9 Å². The van der Waals surface area contributed by atoms with Crippen LogP contribution in [0, 0.1) is 11.3 Å². The Bertz CT molecular complexity index is 1450. The number of nitriles is 1. The van der Waals surface area contributed by atoms with Crippen molar-refractivity contribution >= 4 is 35.5 Å². The number of fused-ring (bicyclic) bond motifs is 1. The van der Waals surface area contributed by atoms with E-state index in [4.69, 9.17) is 0 Å². The quantitative estimate of drug-likeness (QED) is 0.388. The first-order valence-electron chi connectivity index (χ1n) is 13.2. The first kappa shape index (κ1) is 23.9. The third-order valence-corrected chi connectivity index (χ3v) is 8.02. The van der Waals surface area contributed by atoms with Gasteiger partial charge in [0.2, 0.25) is 0 Å². The van der Waals surface area contributed by atoms with E-state index in [1.54, 1.807) is 0 Å². The van der Waals surface area contributed by atoms with E-state index in [-0.39, 0.29) is 19.7 Å². The molecule has 0 aliphatic carbocycles. The smallest absolute Gasteiger partial charge is 0.324 e. The molecule has 0 N–H and O–H groups in total. The molecule has 0 spiro atoms. The summed E-state index contributed by atoms with van der Waals surface area (Å²) in [4.78, 5) is 4.83. The van der Waals surface area contributed by atoms with Crippen molar-refractivity contribution in [2.75, 3.05) is 6.54 Å². The Morgan fingerprint density at radius 3 is 1.39 bits per heavy atom. The molecular formula is C33H29B2N3. The summed E-state index contributed by atoms with van der Waals surface area (Å²) >= 11 is 0. The summed E-state index contributed by atoms with van der Waals surface area (Å²) in [6.07, 6.45) is 0. The van der Waals surface area contributed by atoms with Gasteiger partial charge in [-0.05, 0) is 19.4 Å². The van der Waals surface area contributed by atoms with Gasteiger partial charge in [0.25, 0.3) is 0 Å². The van der Waals surface area contributed by atoms with Gasteiger partial charge in [0, 0.05) is 23.5 Å². The molecule has 182 valence electrons. The van der Waals surface area contributed by atoms with Crippen LogP contribution in [0.2, 0.25) is 0 Å². The predicted octanol–water partition coefficient (Wildman–Crippen LogP) is 3.67. The second kappa shape index (κ2) is 10.1. The highest BCUT2D eigenvalue weighted by Gasteiger charge is 2.47. The first-order valence-corrected chi connectivity index (χ1v) is 13.2. The molecule has 6 rings (SSSR count). The van der Waals surface area contributed by atoms with Gasteiger partial charge in [0.15, 0.2) is 0 Å². The van der Waals surface area contributed by atoms with Crippen LogP contribution in [0.3, 0.4) is 0 Å². The Morgan fingerprint density at radius 2 is 1.00 bits per heavy atom. The lowest BCUT2D eigenvalue weighted by molar-refractivity contribution is 0.525. The summed E-state index contributed by atoms with van der Waals surface area (Å²) in [6, 6.07) is 44.9. The molecule has 0 aromatic heterocycles. The van der Waals surface area contributed by atoms with Crippen molar-refractivity contribution in [3.63, 3.8) is 0 Å². The third kappa shape index (κ3) is 4.03. The summed E-state index contributed by atoms with van der Waals surface area (Å²) in [7, 11) is 0. The fourth-order valence-electron chi connectivity index (χ4n) is 6.27. The normalized spacial score (nSPS) is 16.5. The van der Waals surface area contributed by atoms with Crippen LogP contribution in [0.4, 0.5) is 0 Å². The van der Waals surface area contributed by atoms with E-state index < -0.39 is 0 Å². The van der Waals surface area contributed by atoms with Gasteiger partial charge < -0.3 is 9.62 Å². The van der Waals surface area contributed by atoms with Gasteiger partial charge in [-0.25, -0.2) is 0 Å². The lowest BCUT2D eigenvalue weighted by Gasteiger charge is -2.35. The summed E-state index contributed by atoms with van der Waals surface area (Å²) in [5.41, 5.74) is 9.72. The molecule has 2 aliphatic rings. The highest BCUT2D eigenvalue weighted by molar-refractivity contribution is 6.84. The molecule has 2 heterocycles. The molecule has 38 heavy (non-hydrogen) atoms. The van der Waals surface area contributed by atoms with Crippen molar-refractivity contribution < 1.29 is 0 Å². The van der Waals surface area contributed by atoms with Crippen molar-refractivity contribution in [2.24, 2.45) is 0 Å². The van der Waals surface area contributed by atoms with Gasteiger partial charge in [-0.2, -0.15) is 5.26 Å². The molecule has 1 unspecified atom stereocenters. The van der Waals surface area contributed by atoms with E-state index >= 15 is 0 Å². The van der Waals surface area contributed by atoms with Crippen LogP contribution in [0.5, 0.6) is 0 Å².